The van der Waals surface area contributed by atoms with Crippen LogP contribution in [-0.4, -0.2) is 16.2 Å². The molecule has 3 heterocycles. The van der Waals surface area contributed by atoms with Crippen LogP contribution in [0.25, 0.3) is 38.8 Å². The number of aromatic nitrogens is 2. The number of anilines is 4. The van der Waals surface area contributed by atoms with Gasteiger partial charge in [0.25, 0.3) is 0 Å². The second-order valence-corrected chi connectivity index (χ2v) is 22.3. The van der Waals surface area contributed by atoms with Crippen LogP contribution in [0, 0.1) is 0 Å². The molecule has 5 nitrogen and oxygen atoms in total. The molecule has 342 valence electrons. The molecule has 0 saturated carbocycles. The Morgan fingerprint density at radius 1 is 0.426 bits per heavy atom. The van der Waals surface area contributed by atoms with Gasteiger partial charge >= 0.3 is 0 Å². The average Bonchev–Trinajstić information content (AvgIpc) is 3.86. The number of para-hydroxylation sites is 1. The first kappa shape index (κ1) is 44.7. The summed E-state index contributed by atoms with van der Waals surface area (Å²) in [7, 11) is 0. The summed E-state index contributed by atoms with van der Waals surface area (Å²) in [6.07, 6.45) is 1.94. The number of fused-ring (bicyclic) bond motifs is 4. The van der Waals surface area contributed by atoms with Gasteiger partial charge in [0, 0.05) is 45.9 Å². The van der Waals surface area contributed by atoms with Gasteiger partial charge in [-0.25, -0.2) is 4.98 Å². The van der Waals surface area contributed by atoms with Gasteiger partial charge in [-0.2, -0.15) is 0 Å². The van der Waals surface area contributed by atoms with E-state index >= 15 is 0 Å². The van der Waals surface area contributed by atoms with Crippen LogP contribution >= 0.6 is 0 Å². The lowest BCUT2D eigenvalue weighted by atomic mass is 9.74. The van der Waals surface area contributed by atoms with Crippen molar-refractivity contribution in [2.45, 2.75) is 97.8 Å². The fraction of sp³-hybridized carbons (Fsp3) is 0.254. The van der Waals surface area contributed by atoms with Crippen molar-refractivity contribution in [3.8, 4) is 28.4 Å². The molecule has 0 radical (unpaired) electrons. The number of nitrogens with zero attached hydrogens (tertiary/aromatic N) is 4. The number of hydrogen-bond acceptors (Lipinski definition) is 4. The third-order valence-electron chi connectivity index (χ3n) is 14.0. The Morgan fingerprint density at radius 3 is 1.72 bits per heavy atom. The Balaban J connectivity index is 1.06. The molecule has 0 N–H and O–H groups in total. The van der Waals surface area contributed by atoms with E-state index in [1.54, 1.807) is 0 Å². The van der Waals surface area contributed by atoms with Gasteiger partial charge in [-0.05, 0) is 122 Å². The third-order valence-corrected chi connectivity index (χ3v) is 14.0. The van der Waals surface area contributed by atoms with Gasteiger partial charge in [-0.3, -0.25) is 4.57 Å². The third kappa shape index (κ3) is 8.23. The fourth-order valence-electron chi connectivity index (χ4n) is 10.0. The van der Waals surface area contributed by atoms with Crippen molar-refractivity contribution in [1.29, 1.82) is 0 Å². The van der Waals surface area contributed by atoms with Crippen LogP contribution < -0.4 is 14.5 Å². The highest BCUT2D eigenvalue weighted by molar-refractivity contribution is 6.09. The molecule has 68 heavy (non-hydrogen) atoms. The van der Waals surface area contributed by atoms with Crippen molar-refractivity contribution >= 4 is 44.6 Å². The van der Waals surface area contributed by atoms with Crippen LogP contribution in [-0.2, 0) is 21.7 Å². The maximum atomic E-state index is 6.89. The maximum Gasteiger partial charge on any atom is 0.137 e. The highest BCUT2D eigenvalue weighted by atomic mass is 16.5. The Bertz CT molecular complexity index is 3320. The Kier molecular flexibility index (Phi) is 10.9. The van der Waals surface area contributed by atoms with Crippen molar-refractivity contribution in [3.05, 3.63) is 204 Å². The van der Waals surface area contributed by atoms with Crippen molar-refractivity contribution in [1.82, 2.24) is 9.55 Å². The smallest absolute Gasteiger partial charge is 0.137 e. The minimum Gasteiger partial charge on any atom is -0.457 e. The van der Waals surface area contributed by atoms with Gasteiger partial charge in [0.15, 0.2) is 0 Å². The van der Waals surface area contributed by atoms with Crippen LogP contribution in [0.4, 0.5) is 22.7 Å². The van der Waals surface area contributed by atoms with E-state index < -0.39 is 0 Å². The summed E-state index contributed by atoms with van der Waals surface area (Å²) in [6.45, 7) is 26.2. The van der Waals surface area contributed by atoms with Crippen LogP contribution in [0.2, 0.25) is 0 Å². The molecule has 0 fully saturated rings. The minimum atomic E-state index is -0.214. The van der Waals surface area contributed by atoms with E-state index in [1.165, 1.54) is 61.4 Å². The van der Waals surface area contributed by atoms with Crippen LogP contribution in [0.15, 0.2) is 176 Å². The lowest BCUT2D eigenvalue weighted by molar-refractivity contribution is 0.483. The van der Waals surface area contributed by atoms with Crippen LogP contribution in [0.3, 0.4) is 0 Å². The highest BCUT2D eigenvalue weighted by Crippen LogP contribution is 2.51. The second-order valence-electron chi connectivity index (χ2n) is 22.3. The Labute approximate surface area is 403 Å². The molecule has 5 heteroatoms. The SMILES string of the molecule is CC(C)(C)c1cc(-c2ccccc2)cc(N2CN(c3cccc(Oc4ccc5c6ccccc6n(-c6cc(C(C)(C)c7ccccc7)ccn6)c5c4)c3)c3cc(C(C)(C)C)c(C(C)(C)C)cc32)c1. The molecule has 1 aliphatic rings. The van der Waals surface area contributed by atoms with Crippen molar-refractivity contribution in [2.75, 3.05) is 16.5 Å². The Hall–Kier alpha value is -7.11. The molecule has 0 unspecified atom stereocenters. The summed E-state index contributed by atoms with van der Waals surface area (Å²) in [5.41, 5.74) is 15.4. The van der Waals surface area contributed by atoms with Gasteiger partial charge in [-0.15, -0.1) is 0 Å². The Morgan fingerprint density at radius 2 is 1.04 bits per heavy atom. The van der Waals surface area contributed by atoms with E-state index in [0.717, 1.165) is 39.4 Å². The zero-order valence-electron chi connectivity index (χ0n) is 41.6. The van der Waals surface area contributed by atoms with E-state index in [9.17, 15) is 0 Å². The van der Waals surface area contributed by atoms with Gasteiger partial charge in [-0.1, -0.05) is 167 Å². The lowest BCUT2D eigenvalue weighted by Gasteiger charge is -2.32. The summed E-state index contributed by atoms with van der Waals surface area (Å²) in [6, 6.07) is 61.6. The molecule has 0 bridgehead atoms. The summed E-state index contributed by atoms with van der Waals surface area (Å²) in [5.74, 6) is 2.42. The standard InChI is InChI=1S/C63H64N4O/c1-60(2,3)46-33-43(42-21-14-12-15-22-42)34-48(35-46)66-41-65(57-39-53(61(4,5)6)54(40-58(57)66)62(7,8)9)47-25-20-26-49(37-47)68-50-29-30-52-51-27-18-19-28-55(51)67(56(52)38-50)59-36-45(31-32-64-59)63(10,11)44-23-16-13-17-24-44/h12-40H,41H2,1-11H3. The van der Waals surface area contributed by atoms with Crippen molar-refractivity contribution < 1.29 is 4.74 Å². The fourth-order valence-corrected chi connectivity index (χ4v) is 10.0. The number of benzene rings is 7. The quantitative estimate of drug-likeness (QED) is 0.152. The number of hydrogen-bond donors (Lipinski definition) is 0. The normalized spacial score (nSPS) is 13.4. The molecule has 2 aromatic heterocycles. The summed E-state index contributed by atoms with van der Waals surface area (Å²) in [5, 5.41) is 2.33. The molecular formula is C63H64N4O. The lowest BCUT2D eigenvalue weighted by Crippen LogP contribution is -2.24. The first-order valence-electron chi connectivity index (χ1n) is 24.1. The highest BCUT2D eigenvalue weighted by Gasteiger charge is 2.35. The summed E-state index contributed by atoms with van der Waals surface area (Å²) >= 11 is 0. The zero-order valence-corrected chi connectivity index (χ0v) is 41.6. The van der Waals surface area contributed by atoms with E-state index in [-0.39, 0.29) is 21.7 Å². The predicted octanol–water partition coefficient (Wildman–Crippen LogP) is 17.1. The molecule has 0 amide bonds. The van der Waals surface area contributed by atoms with E-state index in [1.807, 2.05) is 6.20 Å². The predicted molar refractivity (Wildman–Crippen MR) is 287 cm³/mol. The minimum absolute atomic E-state index is 0.0443. The summed E-state index contributed by atoms with van der Waals surface area (Å²) < 4.78 is 9.18. The van der Waals surface area contributed by atoms with E-state index in [2.05, 4.69) is 260 Å². The number of pyridine rings is 1. The van der Waals surface area contributed by atoms with Crippen molar-refractivity contribution in [2.24, 2.45) is 0 Å². The molecule has 0 saturated heterocycles. The molecule has 0 spiro atoms. The van der Waals surface area contributed by atoms with E-state index in [0.29, 0.717) is 6.67 Å². The first-order chi connectivity index (χ1) is 32.3. The average molecular weight is 893 g/mol. The van der Waals surface area contributed by atoms with Crippen LogP contribution in [0.1, 0.15) is 104 Å². The molecule has 9 aromatic rings. The van der Waals surface area contributed by atoms with Crippen LogP contribution in [0.5, 0.6) is 11.5 Å². The number of ether oxygens (including phenoxy) is 1. The monoisotopic (exact) mass is 893 g/mol. The van der Waals surface area contributed by atoms with E-state index in [4.69, 9.17) is 9.72 Å². The molecule has 0 atom stereocenters. The van der Waals surface area contributed by atoms with Gasteiger partial charge in [0.2, 0.25) is 0 Å². The maximum absolute atomic E-state index is 6.89. The zero-order chi connectivity index (χ0) is 47.8. The van der Waals surface area contributed by atoms with Gasteiger partial charge in [0.05, 0.1) is 22.4 Å². The second kappa shape index (κ2) is 16.6. The largest absolute Gasteiger partial charge is 0.457 e. The molecule has 0 aliphatic carbocycles. The number of rotatable bonds is 8. The topological polar surface area (TPSA) is 33.5 Å². The molecule has 1 aliphatic heterocycles. The molecular weight excluding hydrogens is 829 g/mol. The van der Waals surface area contributed by atoms with Gasteiger partial charge in [0.1, 0.15) is 24.0 Å². The molecule has 10 rings (SSSR count). The van der Waals surface area contributed by atoms with Crippen molar-refractivity contribution in [3.63, 3.8) is 0 Å². The first-order valence-corrected chi connectivity index (χ1v) is 24.1. The van der Waals surface area contributed by atoms with Gasteiger partial charge < -0.3 is 14.5 Å². The summed E-state index contributed by atoms with van der Waals surface area (Å²) in [4.78, 5) is 9.98. The molecule has 7 aromatic carbocycles.